The van der Waals surface area contributed by atoms with E-state index in [2.05, 4.69) is 0 Å². The van der Waals surface area contributed by atoms with E-state index in [1.54, 1.807) is 0 Å². The van der Waals surface area contributed by atoms with Crippen LogP contribution in [0.4, 0.5) is 0 Å². The fraction of sp³-hybridized carbons (Fsp3) is 0.478. The van der Waals surface area contributed by atoms with Gasteiger partial charge in [0.15, 0.2) is 28.8 Å². The van der Waals surface area contributed by atoms with E-state index < -0.39 is 5.79 Å². The molecule has 0 amide bonds. The van der Waals surface area contributed by atoms with Crippen LogP contribution in [0.5, 0.6) is 34.5 Å². The number of hydrogen-bond donors (Lipinski definition) is 4. The Labute approximate surface area is 192 Å². The average molecular weight is 462 g/mol. The zero-order chi connectivity index (χ0) is 23.6. The first-order chi connectivity index (χ1) is 15.7. The summed E-state index contributed by atoms with van der Waals surface area (Å²) in [7, 11) is 0. The van der Waals surface area contributed by atoms with Gasteiger partial charge in [-0.2, -0.15) is 0 Å². The van der Waals surface area contributed by atoms with Crippen LogP contribution in [0, 0.1) is 0 Å². The monoisotopic (exact) mass is 462 g/mol. The second-order valence-corrected chi connectivity index (χ2v) is 8.65. The zero-order valence-corrected chi connectivity index (χ0v) is 18.8. The van der Waals surface area contributed by atoms with Crippen LogP contribution in [0.25, 0.3) is 0 Å². The Hall–Kier alpha value is -2.92. The smallest absolute Gasteiger partial charge is 0.162 e. The third kappa shape index (κ3) is 5.72. The molecule has 0 atom stereocenters. The first kappa shape index (κ1) is 23.2. The van der Waals surface area contributed by atoms with Crippen LogP contribution in [-0.4, -0.2) is 75.8 Å². The van der Waals surface area contributed by atoms with Gasteiger partial charge in [-0.3, -0.25) is 9.80 Å². The molecule has 0 bridgehead atoms. The lowest BCUT2D eigenvalue weighted by atomic mass is 10.1. The van der Waals surface area contributed by atoms with Gasteiger partial charge in [-0.1, -0.05) is 0 Å². The second kappa shape index (κ2) is 9.52. The van der Waals surface area contributed by atoms with E-state index >= 15 is 0 Å². The molecular weight excluding hydrogens is 432 g/mol. The van der Waals surface area contributed by atoms with Crippen molar-refractivity contribution < 1.29 is 39.4 Å². The normalized spacial score (nSPS) is 16.5. The molecule has 0 saturated heterocycles. The summed E-state index contributed by atoms with van der Waals surface area (Å²) in [4.78, 5) is 4.06. The summed E-state index contributed by atoms with van der Waals surface area (Å²) >= 11 is 0. The lowest BCUT2D eigenvalue weighted by Crippen LogP contribution is -2.39. The fourth-order valence-corrected chi connectivity index (χ4v) is 3.78. The number of aromatic hydroxyl groups is 4. The Kier molecular flexibility index (Phi) is 6.71. The molecule has 2 aromatic rings. The van der Waals surface area contributed by atoms with Crippen molar-refractivity contribution in [3.05, 3.63) is 35.4 Å². The van der Waals surface area contributed by atoms with Gasteiger partial charge in [0.25, 0.3) is 0 Å². The van der Waals surface area contributed by atoms with E-state index in [9.17, 15) is 20.4 Å². The van der Waals surface area contributed by atoms with Gasteiger partial charge in [-0.15, -0.1) is 0 Å². The first-order valence-electron chi connectivity index (χ1n) is 10.8. The summed E-state index contributed by atoms with van der Waals surface area (Å²) in [6, 6.07) is 5.87. The maximum atomic E-state index is 9.69. The Morgan fingerprint density at radius 1 is 0.727 bits per heavy atom. The highest BCUT2D eigenvalue weighted by Crippen LogP contribution is 2.36. The van der Waals surface area contributed by atoms with Crippen molar-refractivity contribution in [2.75, 3.05) is 39.8 Å². The van der Waals surface area contributed by atoms with Gasteiger partial charge in [0.2, 0.25) is 0 Å². The third-order valence-corrected chi connectivity index (χ3v) is 5.62. The molecule has 4 N–H and O–H groups in total. The average Bonchev–Trinajstić information content (AvgIpc) is 2.75. The van der Waals surface area contributed by atoms with E-state index in [0.717, 1.165) is 11.1 Å². The van der Waals surface area contributed by atoms with E-state index in [-0.39, 0.29) is 23.0 Å². The number of hydrogen-bond acceptors (Lipinski definition) is 10. The van der Waals surface area contributed by atoms with Crippen molar-refractivity contribution >= 4 is 0 Å². The van der Waals surface area contributed by atoms with Crippen molar-refractivity contribution in [1.82, 2.24) is 9.80 Å². The number of nitrogens with zero attached hydrogens (tertiary/aromatic N) is 2. The lowest BCUT2D eigenvalue weighted by molar-refractivity contribution is -0.217. The standard InChI is InChI=1S/C23H30N2O8/c1-23(2,32-5-3-24-11-15-7-17(26)19(28)9-21(15)30-13-24)33-6-4-25-12-16-8-18(27)20(29)10-22(16)31-14-25/h7-10,26-29H,3-6,11-14H2,1-2H3. The Morgan fingerprint density at radius 3 is 1.55 bits per heavy atom. The van der Waals surface area contributed by atoms with Crippen LogP contribution in [0.15, 0.2) is 24.3 Å². The van der Waals surface area contributed by atoms with Crippen LogP contribution < -0.4 is 9.47 Å². The molecule has 2 aliphatic rings. The van der Waals surface area contributed by atoms with Crippen LogP contribution in [0.3, 0.4) is 0 Å². The van der Waals surface area contributed by atoms with Crippen LogP contribution in [-0.2, 0) is 22.6 Å². The molecule has 0 fully saturated rings. The first-order valence-corrected chi connectivity index (χ1v) is 10.8. The highest BCUT2D eigenvalue weighted by atomic mass is 16.7. The molecule has 4 rings (SSSR count). The molecule has 0 spiro atoms. The van der Waals surface area contributed by atoms with Crippen molar-refractivity contribution in [3.8, 4) is 34.5 Å². The van der Waals surface area contributed by atoms with E-state index in [4.69, 9.17) is 18.9 Å². The van der Waals surface area contributed by atoms with Crippen molar-refractivity contribution in [2.24, 2.45) is 0 Å². The van der Waals surface area contributed by atoms with Crippen LogP contribution >= 0.6 is 0 Å². The second-order valence-electron chi connectivity index (χ2n) is 8.65. The molecule has 0 saturated carbocycles. The molecule has 0 unspecified atom stereocenters. The number of phenolic OH excluding ortho intramolecular Hbond substituents is 4. The maximum Gasteiger partial charge on any atom is 0.162 e. The van der Waals surface area contributed by atoms with Crippen LogP contribution in [0.1, 0.15) is 25.0 Å². The van der Waals surface area contributed by atoms with Crippen molar-refractivity contribution in [3.63, 3.8) is 0 Å². The highest BCUT2D eigenvalue weighted by molar-refractivity contribution is 5.50. The number of benzene rings is 2. The minimum Gasteiger partial charge on any atom is -0.504 e. The Bertz CT molecular complexity index is 919. The van der Waals surface area contributed by atoms with E-state index in [1.807, 2.05) is 23.6 Å². The van der Waals surface area contributed by atoms with Crippen molar-refractivity contribution in [1.29, 1.82) is 0 Å². The minimum atomic E-state index is -0.781. The summed E-state index contributed by atoms with van der Waals surface area (Å²) in [6.07, 6.45) is 0. The van der Waals surface area contributed by atoms with Gasteiger partial charge < -0.3 is 39.4 Å². The topological polar surface area (TPSA) is 124 Å². The van der Waals surface area contributed by atoms with Gasteiger partial charge in [0, 0.05) is 49.4 Å². The molecular formula is C23H30N2O8. The number of phenols is 4. The number of rotatable bonds is 8. The molecule has 180 valence electrons. The Morgan fingerprint density at radius 2 is 1.12 bits per heavy atom. The summed E-state index contributed by atoms with van der Waals surface area (Å²) in [5.74, 6) is -0.351. The third-order valence-electron chi connectivity index (χ3n) is 5.62. The molecule has 2 heterocycles. The van der Waals surface area contributed by atoms with E-state index in [1.165, 1.54) is 24.3 Å². The molecule has 0 aromatic heterocycles. The predicted molar refractivity (Wildman–Crippen MR) is 117 cm³/mol. The number of fused-ring (bicyclic) bond motifs is 2. The van der Waals surface area contributed by atoms with Gasteiger partial charge in [0.05, 0.1) is 13.2 Å². The summed E-state index contributed by atoms with van der Waals surface area (Å²) in [5.41, 5.74) is 1.61. The largest absolute Gasteiger partial charge is 0.504 e. The molecule has 2 aliphatic heterocycles. The fourth-order valence-electron chi connectivity index (χ4n) is 3.78. The summed E-state index contributed by atoms with van der Waals surface area (Å²) < 4.78 is 23.1. The van der Waals surface area contributed by atoms with Gasteiger partial charge >= 0.3 is 0 Å². The van der Waals surface area contributed by atoms with Crippen LogP contribution in [0.2, 0.25) is 0 Å². The summed E-state index contributed by atoms with van der Waals surface area (Å²) in [6.45, 7) is 7.70. The molecule has 2 aromatic carbocycles. The predicted octanol–water partition coefficient (Wildman–Crippen LogP) is 2.28. The zero-order valence-electron chi connectivity index (χ0n) is 18.8. The number of ether oxygens (including phenoxy) is 4. The molecule has 33 heavy (non-hydrogen) atoms. The SMILES string of the molecule is CC(C)(OCCN1COc2cc(O)c(O)cc2C1)OCCN1COc2cc(O)c(O)cc2C1. The minimum absolute atomic E-state index is 0.164. The van der Waals surface area contributed by atoms with E-state index in [0.29, 0.717) is 64.4 Å². The molecule has 10 heteroatoms. The highest BCUT2D eigenvalue weighted by Gasteiger charge is 2.24. The lowest BCUT2D eigenvalue weighted by Gasteiger charge is -2.32. The van der Waals surface area contributed by atoms with Crippen molar-refractivity contribution in [2.45, 2.75) is 32.7 Å². The molecule has 10 nitrogen and oxygen atoms in total. The van der Waals surface area contributed by atoms with Gasteiger partial charge in [0.1, 0.15) is 25.0 Å². The van der Waals surface area contributed by atoms with Gasteiger partial charge in [-0.25, -0.2) is 0 Å². The quantitative estimate of drug-likeness (QED) is 0.343. The maximum absolute atomic E-state index is 9.69. The summed E-state index contributed by atoms with van der Waals surface area (Å²) in [5, 5.41) is 38.6. The molecule has 0 aliphatic carbocycles. The molecule has 0 radical (unpaired) electrons. The van der Waals surface area contributed by atoms with Gasteiger partial charge in [-0.05, 0) is 26.0 Å². The Balaban J connectivity index is 1.18.